The maximum Gasteiger partial charge on any atom is 0.279 e. The van der Waals surface area contributed by atoms with Crippen molar-refractivity contribution in [1.29, 1.82) is 0 Å². The quantitative estimate of drug-likeness (QED) is 0.697. The van der Waals surface area contributed by atoms with E-state index in [1.54, 1.807) is 4.31 Å². The Bertz CT molecular complexity index is 298. The lowest BCUT2D eigenvalue weighted by molar-refractivity contribution is 0.288. The van der Waals surface area contributed by atoms with Crippen molar-refractivity contribution in [2.45, 2.75) is 51.0 Å². The first-order valence-electron chi connectivity index (χ1n) is 6.52. The van der Waals surface area contributed by atoms with Crippen LogP contribution in [0.15, 0.2) is 0 Å². The van der Waals surface area contributed by atoms with Crippen molar-refractivity contribution in [2.24, 2.45) is 5.73 Å². The van der Waals surface area contributed by atoms with Gasteiger partial charge in [-0.1, -0.05) is 25.7 Å². The molecule has 1 saturated carbocycles. The minimum Gasteiger partial charge on any atom is -0.330 e. The van der Waals surface area contributed by atoms with E-state index in [0.29, 0.717) is 13.1 Å². The van der Waals surface area contributed by atoms with E-state index in [4.69, 9.17) is 5.73 Å². The van der Waals surface area contributed by atoms with Crippen molar-refractivity contribution in [1.82, 2.24) is 9.03 Å². The zero-order valence-electron chi connectivity index (χ0n) is 10.7. The molecule has 6 heteroatoms. The van der Waals surface area contributed by atoms with Gasteiger partial charge in [-0.05, 0) is 25.8 Å². The first kappa shape index (κ1) is 14.9. The van der Waals surface area contributed by atoms with Gasteiger partial charge in [0, 0.05) is 19.6 Å². The van der Waals surface area contributed by atoms with Crippen LogP contribution in [0.25, 0.3) is 0 Å². The van der Waals surface area contributed by atoms with Crippen molar-refractivity contribution in [3.8, 4) is 0 Å². The summed E-state index contributed by atoms with van der Waals surface area (Å²) in [5.74, 6) is 0. The topological polar surface area (TPSA) is 75.4 Å². The first-order chi connectivity index (χ1) is 8.11. The molecule has 0 bridgehead atoms. The van der Waals surface area contributed by atoms with Gasteiger partial charge in [-0.2, -0.15) is 12.7 Å². The van der Waals surface area contributed by atoms with Crippen molar-refractivity contribution in [3.05, 3.63) is 0 Å². The zero-order chi connectivity index (χ0) is 12.7. The van der Waals surface area contributed by atoms with Crippen LogP contribution >= 0.6 is 0 Å². The highest BCUT2D eigenvalue weighted by molar-refractivity contribution is 7.87. The SMILES string of the molecule is CNS(=O)(=O)N(CCCN)C1CCCCCC1. The molecule has 0 spiro atoms. The van der Waals surface area contributed by atoms with Gasteiger partial charge < -0.3 is 5.73 Å². The van der Waals surface area contributed by atoms with Gasteiger partial charge in [-0.15, -0.1) is 0 Å². The van der Waals surface area contributed by atoms with Crippen molar-refractivity contribution < 1.29 is 8.42 Å². The molecule has 1 aliphatic carbocycles. The minimum atomic E-state index is -3.32. The minimum absolute atomic E-state index is 0.154. The summed E-state index contributed by atoms with van der Waals surface area (Å²) < 4.78 is 28.0. The maximum atomic E-state index is 12.0. The lowest BCUT2D eigenvalue weighted by atomic mass is 10.1. The van der Waals surface area contributed by atoms with Gasteiger partial charge in [-0.3, -0.25) is 0 Å². The molecule has 102 valence electrons. The smallest absolute Gasteiger partial charge is 0.279 e. The molecule has 1 fully saturated rings. The van der Waals surface area contributed by atoms with E-state index < -0.39 is 10.2 Å². The second-order valence-corrected chi connectivity index (χ2v) is 6.43. The Morgan fingerprint density at radius 2 is 1.82 bits per heavy atom. The van der Waals surface area contributed by atoms with Gasteiger partial charge in [0.05, 0.1) is 0 Å². The number of nitrogens with two attached hydrogens (primary N) is 1. The summed E-state index contributed by atoms with van der Waals surface area (Å²) in [7, 11) is -1.85. The largest absolute Gasteiger partial charge is 0.330 e. The molecule has 0 heterocycles. The second-order valence-electron chi connectivity index (χ2n) is 4.61. The molecule has 0 atom stereocenters. The Kier molecular flexibility index (Phi) is 6.40. The van der Waals surface area contributed by atoms with E-state index in [2.05, 4.69) is 4.72 Å². The van der Waals surface area contributed by atoms with E-state index in [9.17, 15) is 8.42 Å². The van der Waals surface area contributed by atoms with Crippen LogP contribution in [-0.2, 0) is 10.2 Å². The predicted octanol–water partition coefficient (Wildman–Crippen LogP) is 0.824. The van der Waals surface area contributed by atoms with E-state index in [-0.39, 0.29) is 6.04 Å². The highest BCUT2D eigenvalue weighted by Crippen LogP contribution is 2.23. The Labute approximate surface area is 105 Å². The molecule has 0 aliphatic heterocycles. The summed E-state index contributed by atoms with van der Waals surface area (Å²) in [6, 6.07) is 0.154. The van der Waals surface area contributed by atoms with Crippen LogP contribution in [0.5, 0.6) is 0 Å². The van der Waals surface area contributed by atoms with Gasteiger partial charge in [0.15, 0.2) is 0 Å². The molecular weight excluding hydrogens is 238 g/mol. The van der Waals surface area contributed by atoms with E-state index in [1.165, 1.54) is 19.9 Å². The molecule has 5 nitrogen and oxygen atoms in total. The van der Waals surface area contributed by atoms with Crippen molar-refractivity contribution in [3.63, 3.8) is 0 Å². The molecule has 0 aromatic rings. The summed E-state index contributed by atoms with van der Waals surface area (Å²) in [4.78, 5) is 0. The van der Waals surface area contributed by atoms with E-state index >= 15 is 0 Å². The summed E-state index contributed by atoms with van der Waals surface area (Å²) in [6.07, 6.45) is 7.38. The number of rotatable bonds is 6. The fourth-order valence-corrected chi connectivity index (χ4v) is 3.62. The van der Waals surface area contributed by atoms with Crippen LogP contribution in [0.2, 0.25) is 0 Å². The zero-order valence-corrected chi connectivity index (χ0v) is 11.5. The summed E-state index contributed by atoms with van der Waals surface area (Å²) in [5.41, 5.74) is 5.48. The Morgan fingerprint density at radius 1 is 1.24 bits per heavy atom. The molecule has 3 N–H and O–H groups in total. The van der Waals surface area contributed by atoms with E-state index in [0.717, 1.165) is 32.1 Å². The number of nitrogens with zero attached hydrogens (tertiary/aromatic N) is 1. The standard InChI is InChI=1S/C11H25N3O2S/c1-13-17(15,16)14(10-6-9-12)11-7-4-2-3-5-8-11/h11,13H,2-10,12H2,1H3. The molecule has 0 amide bonds. The molecule has 1 rings (SSSR count). The van der Waals surface area contributed by atoms with Gasteiger partial charge >= 0.3 is 0 Å². The monoisotopic (exact) mass is 263 g/mol. The molecule has 0 saturated heterocycles. The highest BCUT2D eigenvalue weighted by atomic mass is 32.2. The molecule has 0 unspecified atom stereocenters. The van der Waals surface area contributed by atoms with E-state index in [1.807, 2.05) is 0 Å². The lowest BCUT2D eigenvalue weighted by Gasteiger charge is -2.29. The fraction of sp³-hybridized carbons (Fsp3) is 1.00. The third-order valence-corrected chi connectivity index (χ3v) is 5.00. The molecule has 17 heavy (non-hydrogen) atoms. The first-order valence-corrected chi connectivity index (χ1v) is 7.96. The molecule has 0 aromatic heterocycles. The average molecular weight is 263 g/mol. The Balaban J connectivity index is 2.73. The van der Waals surface area contributed by atoms with Gasteiger partial charge in [-0.25, -0.2) is 4.72 Å². The lowest BCUT2D eigenvalue weighted by Crippen LogP contribution is -2.46. The number of hydrogen-bond donors (Lipinski definition) is 2. The fourth-order valence-electron chi connectivity index (χ4n) is 2.41. The van der Waals surface area contributed by atoms with Crippen LogP contribution in [0.3, 0.4) is 0 Å². The highest BCUT2D eigenvalue weighted by Gasteiger charge is 2.28. The molecule has 0 radical (unpaired) electrons. The van der Waals surface area contributed by atoms with Crippen LogP contribution < -0.4 is 10.5 Å². The van der Waals surface area contributed by atoms with Crippen molar-refractivity contribution in [2.75, 3.05) is 20.1 Å². The molecule has 0 aromatic carbocycles. The van der Waals surface area contributed by atoms with Gasteiger partial charge in [0.2, 0.25) is 0 Å². The number of hydrogen-bond acceptors (Lipinski definition) is 3. The Hall–Kier alpha value is -0.170. The van der Waals surface area contributed by atoms with Crippen LogP contribution in [-0.4, -0.2) is 38.9 Å². The van der Waals surface area contributed by atoms with Gasteiger partial charge in [0.1, 0.15) is 0 Å². The molecule has 1 aliphatic rings. The van der Waals surface area contributed by atoms with Gasteiger partial charge in [0.25, 0.3) is 10.2 Å². The normalized spacial score (nSPS) is 19.5. The summed E-state index contributed by atoms with van der Waals surface area (Å²) >= 11 is 0. The second kappa shape index (κ2) is 7.31. The summed E-state index contributed by atoms with van der Waals surface area (Å²) in [6.45, 7) is 1.06. The van der Waals surface area contributed by atoms with Crippen LogP contribution in [0.4, 0.5) is 0 Å². The summed E-state index contributed by atoms with van der Waals surface area (Å²) in [5, 5.41) is 0. The van der Waals surface area contributed by atoms with Crippen molar-refractivity contribution >= 4 is 10.2 Å². The molecular formula is C11H25N3O2S. The maximum absolute atomic E-state index is 12.0. The third-order valence-electron chi connectivity index (χ3n) is 3.38. The van der Waals surface area contributed by atoms with Crippen LogP contribution in [0.1, 0.15) is 44.9 Å². The average Bonchev–Trinajstić information content (AvgIpc) is 2.58. The predicted molar refractivity (Wildman–Crippen MR) is 69.8 cm³/mol. The third kappa shape index (κ3) is 4.54. The van der Waals surface area contributed by atoms with Crippen LogP contribution in [0, 0.1) is 0 Å². The number of nitrogens with one attached hydrogen (secondary N) is 1. The Morgan fingerprint density at radius 3 is 2.29 bits per heavy atom.